The summed E-state index contributed by atoms with van der Waals surface area (Å²) < 4.78 is 30.7. The molecule has 1 heterocycles. The first-order chi connectivity index (χ1) is 13.7. The van der Waals surface area contributed by atoms with Crippen molar-refractivity contribution < 1.29 is 18.3 Å². The van der Waals surface area contributed by atoms with Crippen molar-refractivity contribution in [2.75, 3.05) is 6.54 Å². The second kappa shape index (κ2) is 6.85. The molecule has 0 saturated heterocycles. The smallest absolute Gasteiger partial charge is 0.328 e. The zero-order valence-corrected chi connectivity index (χ0v) is 16.9. The number of fused-ring (bicyclic) bond motifs is 2. The lowest BCUT2D eigenvalue weighted by Gasteiger charge is -2.26. The first kappa shape index (κ1) is 19.4. The lowest BCUT2D eigenvalue weighted by atomic mass is 10.1. The number of carbonyl (C=O) groups is 1. The third-order valence-corrected chi connectivity index (χ3v) is 7.47. The van der Waals surface area contributed by atoms with E-state index in [2.05, 4.69) is 0 Å². The fourth-order valence-electron chi connectivity index (χ4n) is 4.07. The average molecular weight is 415 g/mol. The van der Waals surface area contributed by atoms with Gasteiger partial charge in [-0.15, -0.1) is 0 Å². The fraction of sp³-hybridized carbons (Fsp3) is 0.300. The summed E-state index contributed by atoms with van der Waals surface area (Å²) in [6, 6.07) is 11.6. The normalized spacial score (nSPS) is 14.6. The minimum atomic E-state index is -4.08. The maximum Gasteiger partial charge on any atom is 0.328 e. The van der Waals surface area contributed by atoms with Crippen LogP contribution in [-0.2, 0) is 41.8 Å². The molecule has 0 aliphatic heterocycles. The van der Waals surface area contributed by atoms with Crippen LogP contribution in [0, 0.1) is 0 Å². The SMILES string of the molecule is Cn1c(=O)n(C)c2cc(S(=O)(=O)N(CC(=O)O)C3Cc4ccccc4C3)ccc21. The fourth-order valence-corrected chi connectivity index (χ4v) is 5.66. The molecule has 152 valence electrons. The molecule has 0 unspecified atom stereocenters. The lowest BCUT2D eigenvalue weighted by molar-refractivity contribution is -0.137. The highest BCUT2D eigenvalue weighted by Crippen LogP contribution is 2.30. The number of aliphatic carboxylic acids is 1. The maximum absolute atomic E-state index is 13.4. The highest BCUT2D eigenvalue weighted by atomic mass is 32.2. The van der Waals surface area contributed by atoms with E-state index in [1.807, 2.05) is 24.3 Å². The Balaban J connectivity index is 1.78. The molecule has 1 N–H and O–H groups in total. The van der Waals surface area contributed by atoms with Gasteiger partial charge in [0.15, 0.2) is 0 Å². The molecular formula is C20H21N3O5S. The van der Waals surface area contributed by atoms with Crippen molar-refractivity contribution in [1.82, 2.24) is 13.4 Å². The number of benzene rings is 2. The molecule has 9 heteroatoms. The van der Waals surface area contributed by atoms with Gasteiger partial charge in [-0.2, -0.15) is 4.31 Å². The van der Waals surface area contributed by atoms with E-state index >= 15 is 0 Å². The van der Waals surface area contributed by atoms with Crippen LogP contribution in [-0.4, -0.2) is 45.5 Å². The summed E-state index contributed by atoms with van der Waals surface area (Å²) in [4.78, 5) is 23.6. The Morgan fingerprint density at radius 1 is 1.07 bits per heavy atom. The first-order valence-corrected chi connectivity index (χ1v) is 10.6. The van der Waals surface area contributed by atoms with E-state index in [9.17, 15) is 23.1 Å². The predicted molar refractivity (Wildman–Crippen MR) is 107 cm³/mol. The van der Waals surface area contributed by atoms with Crippen LogP contribution in [0.4, 0.5) is 0 Å². The van der Waals surface area contributed by atoms with E-state index in [4.69, 9.17) is 0 Å². The Morgan fingerprint density at radius 2 is 1.66 bits per heavy atom. The molecule has 0 amide bonds. The Labute approximate surface area is 167 Å². The van der Waals surface area contributed by atoms with Crippen LogP contribution in [0.25, 0.3) is 11.0 Å². The quantitative estimate of drug-likeness (QED) is 0.673. The van der Waals surface area contributed by atoms with Crippen LogP contribution in [0.5, 0.6) is 0 Å². The molecule has 2 aromatic carbocycles. The van der Waals surface area contributed by atoms with Gasteiger partial charge in [0.05, 0.1) is 15.9 Å². The van der Waals surface area contributed by atoms with Gasteiger partial charge in [-0.1, -0.05) is 24.3 Å². The lowest BCUT2D eigenvalue weighted by Crippen LogP contribution is -2.44. The molecule has 0 fully saturated rings. The Kier molecular flexibility index (Phi) is 4.59. The van der Waals surface area contributed by atoms with E-state index in [0.29, 0.717) is 23.9 Å². The number of hydrogen-bond donors (Lipinski definition) is 1. The summed E-state index contributed by atoms with van der Waals surface area (Å²) in [7, 11) is -0.892. The third-order valence-electron chi connectivity index (χ3n) is 5.58. The van der Waals surface area contributed by atoms with Crippen molar-refractivity contribution in [2.24, 2.45) is 14.1 Å². The van der Waals surface area contributed by atoms with Crippen molar-refractivity contribution in [1.29, 1.82) is 0 Å². The molecule has 29 heavy (non-hydrogen) atoms. The van der Waals surface area contributed by atoms with Crippen molar-refractivity contribution in [3.05, 3.63) is 64.1 Å². The molecule has 8 nitrogen and oxygen atoms in total. The number of hydrogen-bond acceptors (Lipinski definition) is 4. The zero-order valence-electron chi connectivity index (χ0n) is 16.1. The van der Waals surface area contributed by atoms with Gasteiger partial charge in [-0.05, 0) is 42.2 Å². The monoisotopic (exact) mass is 415 g/mol. The third kappa shape index (κ3) is 3.16. The van der Waals surface area contributed by atoms with E-state index in [1.165, 1.54) is 21.3 Å². The second-order valence-corrected chi connectivity index (χ2v) is 9.22. The van der Waals surface area contributed by atoms with E-state index < -0.39 is 28.6 Å². The number of rotatable bonds is 5. The molecule has 4 rings (SSSR count). The number of aryl methyl sites for hydroxylation is 2. The zero-order chi connectivity index (χ0) is 20.9. The van der Waals surface area contributed by atoms with E-state index in [0.717, 1.165) is 15.4 Å². The second-order valence-electron chi connectivity index (χ2n) is 7.33. The summed E-state index contributed by atoms with van der Waals surface area (Å²) in [6.07, 6.45) is 0.934. The number of carboxylic acids is 1. The molecule has 1 aromatic heterocycles. The molecule has 1 aliphatic rings. The number of imidazole rings is 1. The number of nitrogens with zero attached hydrogens (tertiary/aromatic N) is 3. The average Bonchev–Trinajstić information content (AvgIpc) is 3.21. The van der Waals surface area contributed by atoms with E-state index in [1.54, 1.807) is 20.2 Å². The van der Waals surface area contributed by atoms with Crippen molar-refractivity contribution in [3.63, 3.8) is 0 Å². The van der Waals surface area contributed by atoms with Crippen molar-refractivity contribution in [2.45, 2.75) is 23.8 Å². The number of sulfonamides is 1. The van der Waals surface area contributed by atoms with Gasteiger partial charge >= 0.3 is 11.7 Å². The summed E-state index contributed by atoms with van der Waals surface area (Å²) >= 11 is 0. The minimum absolute atomic E-state index is 0.0246. The molecule has 0 saturated carbocycles. The first-order valence-electron chi connectivity index (χ1n) is 9.16. The molecular weight excluding hydrogens is 394 g/mol. The summed E-state index contributed by atoms with van der Waals surface area (Å²) in [6.45, 7) is -0.618. The number of carboxylic acid groups (broad SMARTS) is 1. The highest BCUT2D eigenvalue weighted by molar-refractivity contribution is 7.89. The standard InChI is InChI=1S/C20H21N3O5S/c1-21-17-8-7-16(11-18(17)22(2)20(21)26)29(27,28)23(12-19(24)25)15-9-13-5-3-4-6-14(13)10-15/h3-8,11,15H,9-10,12H2,1-2H3,(H,24,25). The Bertz CT molecular complexity index is 1260. The van der Waals surface area contributed by atoms with Gasteiger partial charge in [0.1, 0.15) is 6.54 Å². The van der Waals surface area contributed by atoms with Gasteiger partial charge in [-0.3, -0.25) is 13.9 Å². The summed E-state index contributed by atoms with van der Waals surface area (Å²) in [5.74, 6) is -1.21. The van der Waals surface area contributed by atoms with Crippen LogP contribution in [0.15, 0.2) is 52.2 Å². The largest absolute Gasteiger partial charge is 0.480 e. The van der Waals surface area contributed by atoms with Gasteiger partial charge in [0.2, 0.25) is 10.0 Å². The Morgan fingerprint density at radius 3 is 2.24 bits per heavy atom. The van der Waals surface area contributed by atoms with Crippen LogP contribution in [0.1, 0.15) is 11.1 Å². The topological polar surface area (TPSA) is 102 Å². The van der Waals surface area contributed by atoms with Crippen LogP contribution < -0.4 is 5.69 Å². The van der Waals surface area contributed by atoms with Gasteiger partial charge in [0.25, 0.3) is 0 Å². The molecule has 0 atom stereocenters. The predicted octanol–water partition coefficient (Wildman–Crippen LogP) is 1.12. The van der Waals surface area contributed by atoms with Crippen LogP contribution in [0.2, 0.25) is 0 Å². The number of aromatic nitrogens is 2. The minimum Gasteiger partial charge on any atom is -0.480 e. The van der Waals surface area contributed by atoms with Gasteiger partial charge < -0.3 is 5.11 Å². The van der Waals surface area contributed by atoms with Gasteiger partial charge in [0, 0.05) is 20.1 Å². The summed E-state index contributed by atoms with van der Waals surface area (Å²) in [5, 5.41) is 9.37. The van der Waals surface area contributed by atoms with E-state index in [-0.39, 0.29) is 10.6 Å². The summed E-state index contributed by atoms with van der Waals surface area (Å²) in [5.41, 5.74) is 2.88. The molecule has 0 spiro atoms. The molecule has 0 radical (unpaired) electrons. The van der Waals surface area contributed by atoms with Crippen LogP contribution >= 0.6 is 0 Å². The highest BCUT2D eigenvalue weighted by Gasteiger charge is 2.36. The molecule has 3 aromatic rings. The van der Waals surface area contributed by atoms with Gasteiger partial charge in [-0.25, -0.2) is 13.2 Å². The van der Waals surface area contributed by atoms with Crippen molar-refractivity contribution in [3.8, 4) is 0 Å². The molecule has 0 bridgehead atoms. The maximum atomic E-state index is 13.4. The van der Waals surface area contributed by atoms with Crippen molar-refractivity contribution >= 4 is 27.0 Å². The Hall–Kier alpha value is -2.91. The van der Waals surface area contributed by atoms with Crippen LogP contribution in [0.3, 0.4) is 0 Å². The molecule has 1 aliphatic carbocycles.